The van der Waals surface area contributed by atoms with Crippen LogP contribution >= 0.6 is 0 Å². The van der Waals surface area contributed by atoms with Crippen molar-refractivity contribution in [2.75, 3.05) is 18.0 Å². The van der Waals surface area contributed by atoms with E-state index in [4.69, 9.17) is 5.73 Å². The number of hydrogen-bond acceptors (Lipinski definition) is 2. The maximum absolute atomic E-state index is 14.1. The second-order valence-electron chi connectivity index (χ2n) is 5.39. The largest absolute Gasteiger partial charge is 0.364 e. The van der Waals surface area contributed by atoms with Gasteiger partial charge in [-0.25, -0.2) is 4.39 Å². The Hall–Kier alpha value is -1.09. The molecular formula is C14H21FN2. The van der Waals surface area contributed by atoms with E-state index in [1.807, 2.05) is 12.1 Å². The van der Waals surface area contributed by atoms with Gasteiger partial charge in [-0.05, 0) is 57.4 Å². The van der Waals surface area contributed by atoms with Crippen LogP contribution in [0.5, 0.6) is 0 Å². The first-order valence-electron chi connectivity index (χ1n) is 6.31. The minimum atomic E-state index is -0.120. The fraction of sp³-hybridized carbons (Fsp3) is 0.571. The predicted octanol–water partition coefficient (Wildman–Crippen LogP) is 2.71. The number of nitrogens with two attached hydrogens (primary N) is 1. The van der Waals surface area contributed by atoms with Gasteiger partial charge in [0.25, 0.3) is 0 Å². The van der Waals surface area contributed by atoms with E-state index in [0.717, 1.165) is 37.1 Å². The highest BCUT2D eigenvalue weighted by atomic mass is 19.1. The van der Waals surface area contributed by atoms with Crippen LogP contribution in [0.25, 0.3) is 0 Å². The summed E-state index contributed by atoms with van der Waals surface area (Å²) in [7, 11) is 0. The van der Waals surface area contributed by atoms with Crippen molar-refractivity contribution in [1.82, 2.24) is 0 Å². The van der Waals surface area contributed by atoms with Gasteiger partial charge in [-0.2, -0.15) is 0 Å². The smallest absolute Gasteiger partial charge is 0.146 e. The molecule has 0 bridgehead atoms. The molecule has 1 aliphatic heterocycles. The van der Waals surface area contributed by atoms with E-state index in [1.165, 1.54) is 0 Å². The lowest BCUT2D eigenvalue weighted by atomic mass is 10.0. The lowest BCUT2D eigenvalue weighted by Crippen LogP contribution is -2.38. The van der Waals surface area contributed by atoms with Gasteiger partial charge in [0.05, 0.1) is 5.69 Å². The van der Waals surface area contributed by atoms with E-state index in [1.54, 1.807) is 6.07 Å². The maximum Gasteiger partial charge on any atom is 0.146 e. The van der Waals surface area contributed by atoms with Crippen LogP contribution in [0.1, 0.15) is 32.3 Å². The van der Waals surface area contributed by atoms with Crippen LogP contribution in [0.2, 0.25) is 0 Å². The molecule has 0 spiro atoms. The average Bonchev–Trinajstić information content (AvgIpc) is 2.59. The van der Waals surface area contributed by atoms with Crippen LogP contribution in [0.15, 0.2) is 18.2 Å². The van der Waals surface area contributed by atoms with Crippen LogP contribution in [0, 0.1) is 5.82 Å². The Morgan fingerprint density at radius 1 is 1.41 bits per heavy atom. The highest BCUT2D eigenvalue weighted by molar-refractivity contribution is 5.52. The third-order valence-electron chi connectivity index (χ3n) is 3.64. The standard InChI is InChI=1S/C14H21FN2/c1-14(2)7-3-9-17(14)13-5-4-11(6-8-16)10-12(13)15/h4-5,10H,3,6-9,16H2,1-2H3. The number of nitrogens with zero attached hydrogens (tertiary/aromatic N) is 1. The second-order valence-corrected chi connectivity index (χ2v) is 5.39. The summed E-state index contributed by atoms with van der Waals surface area (Å²) in [5.74, 6) is -0.120. The molecule has 0 aliphatic carbocycles. The zero-order chi connectivity index (χ0) is 12.5. The number of rotatable bonds is 3. The van der Waals surface area contributed by atoms with Gasteiger partial charge in [-0.3, -0.25) is 0 Å². The molecule has 2 rings (SSSR count). The zero-order valence-electron chi connectivity index (χ0n) is 10.7. The maximum atomic E-state index is 14.1. The van der Waals surface area contributed by atoms with Gasteiger partial charge in [0.2, 0.25) is 0 Å². The Morgan fingerprint density at radius 2 is 2.18 bits per heavy atom. The Balaban J connectivity index is 2.27. The molecule has 0 amide bonds. The molecule has 2 N–H and O–H groups in total. The fourth-order valence-electron chi connectivity index (χ4n) is 2.65. The minimum Gasteiger partial charge on any atom is -0.364 e. The summed E-state index contributed by atoms with van der Waals surface area (Å²) in [5.41, 5.74) is 7.25. The third kappa shape index (κ3) is 2.44. The number of anilines is 1. The van der Waals surface area contributed by atoms with Gasteiger partial charge in [-0.1, -0.05) is 6.07 Å². The lowest BCUT2D eigenvalue weighted by Gasteiger charge is -2.34. The van der Waals surface area contributed by atoms with Gasteiger partial charge in [0.15, 0.2) is 0 Å². The normalized spacial score (nSPS) is 18.7. The van der Waals surface area contributed by atoms with E-state index >= 15 is 0 Å². The first-order valence-corrected chi connectivity index (χ1v) is 6.31. The van der Waals surface area contributed by atoms with Crippen LogP contribution in [0.3, 0.4) is 0 Å². The van der Waals surface area contributed by atoms with Crippen LogP contribution in [0.4, 0.5) is 10.1 Å². The van der Waals surface area contributed by atoms with Crippen molar-refractivity contribution in [3.05, 3.63) is 29.6 Å². The monoisotopic (exact) mass is 236 g/mol. The van der Waals surface area contributed by atoms with Crippen LogP contribution < -0.4 is 10.6 Å². The summed E-state index contributed by atoms with van der Waals surface area (Å²) >= 11 is 0. The summed E-state index contributed by atoms with van der Waals surface area (Å²) < 4.78 is 14.1. The van der Waals surface area contributed by atoms with Crippen molar-refractivity contribution in [1.29, 1.82) is 0 Å². The molecule has 0 radical (unpaired) electrons. The topological polar surface area (TPSA) is 29.3 Å². The second kappa shape index (κ2) is 4.65. The van der Waals surface area contributed by atoms with Crippen molar-refractivity contribution in [3.63, 3.8) is 0 Å². The molecule has 0 aromatic heterocycles. The van der Waals surface area contributed by atoms with E-state index in [-0.39, 0.29) is 11.4 Å². The number of halogens is 1. The molecular weight excluding hydrogens is 215 g/mol. The molecule has 1 aromatic rings. The molecule has 17 heavy (non-hydrogen) atoms. The molecule has 1 heterocycles. The van der Waals surface area contributed by atoms with Gasteiger partial charge in [-0.15, -0.1) is 0 Å². The molecule has 0 saturated carbocycles. The molecule has 1 fully saturated rings. The van der Waals surface area contributed by atoms with Gasteiger partial charge < -0.3 is 10.6 Å². The van der Waals surface area contributed by atoms with E-state index in [0.29, 0.717) is 6.54 Å². The molecule has 1 aromatic carbocycles. The van der Waals surface area contributed by atoms with Crippen LogP contribution in [-0.2, 0) is 6.42 Å². The Morgan fingerprint density at radius 3 is 2.71 bits per heavy atom. The Labute approximate surface area is 103 Å². The Bertz CT molecular complexity index is 401. The van der Waals surface area contributed by atoms with Crippen molar-refractivity contribution in [2.24, 2.45) is 5.73 Å². The minimum absolute atomic E-state index is 0.0657. The summed E-state index contributed by atoms with van der Waals surface area (Å²) in [6.45, 7) is 5.86. The van der Waals surface area contributed by atoms with Crippen molar-refractivity contribution >= 4 is 5.69 Å². The molecule has 0 unspecified atom stereocenters. The molecule has 1 saturated heterocycles. The first kappa shape index (κ1) is 12.4. The van der Waals surface area contributed by atoms with Crippen LogP contribution in [-0.4, -0.2) is 18.6 Å². The third-order valence-corrected chi connectivity index (χ3v) is 3.64. The number of benzene rings is 1. The highest BCUT2D eigenvalue weighted by Crippen LogP contribution is 2.35. The van der Waals surface area contributed by atoms with E-state index < -0.39 is 0 Å². The molecule has 1 aliphatic rings. The average molecular weight is 236 g/mol. The lowest BCUT2D eigenvalue weighted by molar-refractivity contribution is 0.506. The van der Waals surface area contributed by atoms with E-state index in [9.17, 15) is 4.39 Å². The predicted molar refractivity (Wildman–Crippen MR) is 69.8 cm³/mol. The quantitative estimate of drug-likeness (QED) is 0.874. The van der Waals surface area contributed by atoms with Crippen molar-refractivity contribution in [2.45, 2.75) is 38.6 Å². The summed E-state index contributed by atoms with van der Waals surface area (Å²) in [5, 5.41) is 0. The zero-order valence-corrected chi connectivity index (χ0v) is 10.7. The van der Waals surface area contributed by atoms with Crippen molar-refractivity contribution in [3.8, 4) is 0 Å². The van der Waals surface area contributed by atoms with E-state index in [2.05, 4.69) is 18.7 Å². The van der Waals surface area contributed by atoms with Gasteiger partial charge in [0, 0.05) is 12.1 Å². The fourth-order valence-corrected chi connectivity index (χ4v) is 2.65. The summed E-state index contributed by atoms with van der Waals surface area (Å²) in [6, 6.07) is 5.50. The van der Waals surface area contributed by atoms with Gasteiger partial charge >= 0.3 is 0 Å². The first-order chi connectivity index (χ1) is 8.04. The molecule has 3 heteroatoms. The summed E-state index contributed by atoms with van der Waals surface area (Å²) in [6.07, 6.45) is 2.99. The highest BCUT2D eigenvalue weighted by Gasteiger charge is 2.33. The summed E-state index contributed by atoms with van der Waals surface area (Å²) in [4.78, 5) is 2.18. The SMILES string of the molecule is CC1(C)CCCN1c1ccc(CCN)cc1F. The molecule has 0 atom stereocenters. The Kier molecular flexibility index (Phi) is 3.38. The number of hydrogen-bond donors (Lipinski definition) is 1. The van der Waals surface area contributed by atoms with Crippen molar-refractivity contribution < 1.29 is 4.39 Å². The molecule has 2 nitrogen and oxygen atoms in total. The van der Waals surface area contributed by atoms with Gasteiger partial charge in [0.1, 0.15) is 5.82 Å². The molecule has 94 valence electrons.